The van der Waals surface area contributed by atoms with Crippen LogP contribution in [-0.2, 0) is 10.2 Å². The van der Waals surface area contributed by atoms with Gasteiger partial charge in [-0.2, -0.15) is 0 Å². The van der Waals surface area contributed by atoms with E-state index in [-0.39, 0.29) is 23.3 Å². The lowest BCUT2D eigenvalue weighted by Crippen LogP contribution is -2.42. The molecule has 0 saturated heterocycles. The molecule has 6 heteroatoms. The predicted molar refractivity (Wildman–Crippen MR) is 124 cm³/mol. The Hall–Kier alpha value is -3.25. The summed E-state index contributed by atoms with van der Waals surface area (Å²) in [4.78, 5) is 29.1. The molecule has 3 N–H and O–H groups in total. The van der Waals surface area contributed by atoms with Crippen molar-refractivity contribution in [1.29, 1.82) is 0 Å². The van der Waals surface area contributed by atoms with Crippen LogP contribution in [0.1, 0.15) is 48.5 Å². The Balaban J connectivity index is 1.59. The summed E-state index contributed by atoms with van der Waals surface area (Å²) in [5.74, 6) is -0.277. The number of hydrogen-bond donors (Lipinski definition) is 3. The molecule has 1 fully saturated rings. The van der Waals surface area contributed by atoms with Crippen molar-refractivity contribution in [3.63, 3.8) is 0 Å². The van der Waals surface area contributed by atoms with Gasteiger partial charge in [-0.25, -0.2) is 0 Å². The number of aliphatic hydroxyl groups is 1. The summed E-state index contributed by atoms with van der Waals surface area (Å²) in [5, 5.41) is 17.5. The topological polar surface area (TPSA) is 91.3 Å². The van der Waals surface area contributed by atoms with Crippen LogP contribution in [0.15, 0.2) is 66.9 Å². The Kier molecular flexibility index (Phi) is 6.51. The van der Waals surface area contributed by atoms with Crippen LogP contribution in [0.5, 0.6) is 0 Å². The number of nitrogens with one attached hydrogen (secondary N) is 2. The second-order valence-electron chi connectivity index (χ2n) is 8.66. The molecular weight excluding hydrogens is 402 g/mol. The fraction of sp³-hybridized carbons (Fsp3) is 0.346. The highest BCUT2D eigenvalue weighted by atomic mass is 16.3. The van der Waals surface area contributed by atoms with Gasteiger partial charge < -0.3 is 15.7 Å². The number of carbonyl (C=O) groups excluding carboxylic acids is 2. The van der Waals surface area contributed by atoms with Gasteiger partial charge in [0.05, 0.1) is 17.7 Å². The van der Waals surface area contributed by atoms with Gasteiger partial charge in [0, 0.05) is 36.0 Å². The zero-order valence-corrected chi connectivity index (χ0v) is 18.3. The van der Waals surface area contributed by atoms with Gasteiger partial charge in [-0.3, -0.25) is 14.6 Å². The lowest BCUT2D eigenvalue weighted by Gasteiger charge is -2.34. The molecule has 2 amide bonds. The number of fused-ring (bicyclic) bond motifs is 1. The van der Waals surface area contributed by atoms with E-state index >= 15 is 0 Å². The summed E-state index contributed by atoms with van der Waals surface area (Å²) < 4.78 is 0. The molecule has 6 nitrogen and oxygen atoms in total. The van der Waals surface area contributed by atoms with E-state index in [1.54, 1.807) is 6.20 Å². The average Bonchev–Trinajstić information content (AvgIpc) is 2.97. The standard InChI is InChI=1S/C26H29N3O3/c1-18(30)29-23-12-14-26(15-13-24(23)31,19-7-3-2-4-8-19)17-28-25(32)21-9-5-11-22-20(21)10-6-16-27-22/h2-11,16,23-24,31H,12-15,17H2,1H3,(H,28,32)(H,29,30)/t23-,24-,26-/m0/s1. The Morgan fingerprint density at radius 3 is 2.59 bits per heavy atom. The van der Waals surface area contributed by atoms with Crippen LogP contribution in [0.4, 0.5) is 0 Å². The van der Waals surface area contributed by atoms with Crippen LogP contribution in [-0.4, -0.2) is 40.6 Å². The number of rotatable bonds is 5. The van der Waals surface area contributed by atoms with Crippen molar-refractivity contribution in [2.75, 3.05) is 6.54 Å². The monoisotopic (exact) mass is 431 g/mol. The molecule has 166 valence electrons. The fourth-order valence-electron chi connectivity index (χ4n) is 4.81. The molecule has 0 radical (unpaired) electrons. The Labute approximate surface area is 188 Å². The minimum absolute atomic E-state index is 0.137. The third kappa shape index (κ3) is 4.65. The number of aromatic nitrogens is 1. The van der Waals surface area contributed by atoms with Gasteiger partial charge in [0.25, 0.3) is 5.91 Å². The number of aliphatic hydroxyl groups excluding tert-OH is 1. The molecule has 0 aliphatic heterocycles. The van der Waals surface area contributed by atoms with Crippen molar-refractivity contribution >= 4 is 22.7 Å². The van der Waals surface area contributed by atoms with Gasteiger partial charge in [-0.05, 0) is 49.4 Å². The second kappa shape index (κ2) is 9.49. The highest BCUT2D eigenvalue weighted by molar-refractivity contribution is 6.06. The summed E-state index contributed by atoms with van der Waals surface area (Å²) >= 11 is 0. The summed E-state index contributed by atoms with van der Waals surface area (Å²) in [6, 6.07) is 19.2. The van der Waals surface area contributed by atoms with E-state index in [9.17, 15) is 14.7 Å². The van der Waals surface area contributed by atoms with Crippen molar-refractivity contribution in [3.05, 3.63) is 78.0 Å². The number of benzene rings is 2. The SMILES string of the molecule is CC(=O)N[C@H]1CC[C@](CNC(=O)c2cccc3ncccc23)(c2ccccc2)CC[C@@H]1O. The summed E-state index contributed by atoms with van der Waals surface area (Å²) in [6.45, 7) is 1.92. The molecule has 3 atom stereocenters. The van der Waals surface area contributed by atoms with E-state index in [0.29, 0.717) is 31.4 Å². The first-order chi connectivity index (χ1) is 15.5. The zero-order chi connectivity index (χ0) is 22.6. The Morgan fingerprint density at radius 1 is 1.03 bits per heavy atom. The Morgan fingerprint density at radius 2 is 1.81 bits per heavy atom. The largest absolute Gasteiger partial charge is 0.391 e. The molecule has 1 aliphatic carbocycles. The summed E-state index contributed by atoms with van der Waals surface area (Å²) in [6.07, 6.45) is 3.76. The first kappa shape index (κ1) is 22.0. The van der Waals surface area contributed by atoms with Crippen LogP contribution in [0.25, 0.3) is 10.9 Å². The third-order valence-electron chi connectivity index (χ3n) is 6.57. The normalized spacial score (nSPS) is 23.3. The van der Waals surface area contributed by atoms with Gasteiger partial charge in [0.15, 0.2) is 0 Å². The fourth-order valence-corrected chi connectivity index (χ4v) is 4.81. The van der Waals surface area contributed by atoms with Gasteiger partial charge in [-0.15, -0.1) is 0 Å². The molecule has 0 spiro atoms. The summed E-state index contributed by atoms with van der Waals surface area (Å²) in [5.41, 5.74) is 2.20. The van der Waals surface area contributed by atoms with Gasteiger partial charge in [-0.1, -0.05) is 42.5 Å². The smallest absolute Gasteiger partial charge is 0.251 e. The number of amides is 2. The highest BCUT2D eigenvalue weighted by Gasteiger charge is 2.38. The maximum atomic E-state index is 13.2. The van der Waals surface area contributed by atoms with Crippen LogP contribution in [0.3, 0.4) is 0 Å². The van der Waals surface area contributed by atoms with Crippen molar-refractivity contribution < 1.29 is 14.7 Å². The van der Waals surface area contributed by atoms with Gasteiger partial charge in [0.1, 0.15) is 0 Å². The average molecular weight is 432 g/mol. The van der Waals surface area contributed by atoms with Gasteiger partial charge in [0.2, 0.25) is 5.91 Å². The number of carbonyl (C=O) groups is 2. The number of hydrogen-bond acceptors (Lipinski definition) is 4. The van der Waals surface area contributed by atoms with Crippen molar-refractivity contribution in [1.82, 2.24) is 15.6 Å². The molecule has 4 rings (SSSR count). The molecule has 1 aliphatic rings. The lowest BCUT2D eigenvalue weighted by molar-refractivity contribution is -0.120. The first-order valence-corrected chi connectivity index (χ1v) is 11.1. The van der Waals surface area contributed by atoms with Crippen molar-refractivity contribution in [2.24, 2.45) is 0 Å². The van der Waals surface area contributed by atoms with E-state index in [2.05, 4.69) is 27.8 Å². The van der Waals surface area contributed by atoms with Crippen LogP contribution in [0.2, 0.25) is 0 Å². The highest BCUT2D eigenvalue weighted by Crippen LogP contribution is 2.38. The molecule has 2 aromatic carbocycles. The van der Waals surface area contributed by atoms with E-state index in [0.717, 1.165) is 22.9 Å². The summed E-state index contributed by atoms with van der Waals surface area (Å²) in [7, 11) is 0. The molecule has 1 saturated carbocycles. The molecule has 3 aromatic rings. The molecule has 0 bridgehead atoms. The minimum Gasteiger partial charge on any atom is -0.391 e. The Bertz CT molecular complexity index is 1100. The minimum atomic E-state index is -0.607. The number of pyridine rings is 1. The van der Waals surface area contributed by atoms with E-state index in [1.807, 2.05) is 48.5 Å². The van der Waals surface area contributed by atoms with E-state index < -0.39 is 6.10 Å². The van der Waals surface area contributed by atoms with Crippen molar-refractivity contribution in [3.8, 4) is 0 Å². The molecule has 1 aromatic heterocycles. The molecule has 32 heavy (non-hydrogen) atoms. The van der Waals surface area contributed by atoms with Gasteiger partial charge >= 0.3 is 0 Å². The first-order valence-electron chi connectivity index (χ1n) is 11.1. The van der Waals surface area contributed by atoms with E-state index in [4.69, 9.17) is 0 Å². The third-order valence-corrected chi connectivity index (χ3v) is 6.57. The van der Waals surface area contributed by atoms with Crippen LogP contribution >= 0.6 is 0 Å². The lowest BCUT2D eigenvalue weighted by atomic mass is 9.74. The maximum Gasteiger partial charge on any atom is 0.251 e. The molecule has 1 heterocycles. The van der Waals surface area contributed by atoms with Crippen LogP contribution in [0, 0.1) is 0 Å². The van der Waals surface area contributed by atoms with Crippen LogP contribution < -0.4 is 10.6 Å². The molecular formula is C26H29N3O3. The maximum absolute atomic E-state index is 13.2. The molecule has 0 unspecified atom stereocenters. The zero-order valence-electron chi connectivity index (χ0n) is 18.3. The number of nitrogens with zero attached hydrogens (tertiary/aromatic N) is 1. The second-order valence-corrected chi connectivity index (χ2v) is 8.66. The quantitative estimate of drug-likeness (QED) is 0.541. The predicted octanol–water partition coefficient (Wildman–Crippen LogP) is 3.34. The van der Waals surface area contributed by atoms with E-state index in [1.165, 1.54) is 6.92 Å². The van der Waals surface area contributed by atoms with Crippen molar-refractivity contribution in [2.45, 2.75) is 50.2 Å².